The summed E-state index contributed by atoms with van der Waals surface area (Å²) in [5.74, 6) is 0.0790. The minimum Gasteiger partial charge on any atom is -0.397 e. The lowest BCUT2D eigenvalue weighted by atomic mass is 10.2. The summed E-state index contributed by atoms with van der Waals surface area (Å²) in [5.41, 5.74) is 6.18. The number of halogens is 1. The van der Waals surface area contributed by atoms with Crippen molar-refractivity contribution in [2.75, 3.05) is 11.1 Å². The van der Waals surface area contributed by atoms with Crippen molar-refractivity contribution in [3.63, 3.8) is 0 Å². The quantitative estimate of drug-likeness (QED) is 0.796. The number of nitrogens with two attached hydrogens (primary N) is 1. The summed E-state index contributed by atoms with van der Waals surface area (Å²) in [6.07, 6.45) is 2.92. The molecule has 86 valence electrons. The Morgan fingerprint density at radius 3 is 2.88 bits per heavy atom. The first-order valence-corrected chi connectivity index (χ1v) is 5.18. The van der Waals surface area contributed by atoms with Crippen molar-refractivity contribution in [2.24, 2.45) is 0 Å². The van der Waals surface area contributed by atoms with Crippen LogP contribution in [0, 0.1) is 0 Å². The first kappa shape index (κ1) is 11.3. The number of anilines is 2. The number of pyridine rings is 2. The van der Waals surface area contributed by atoms with E-state index in [1.54, 1.807) is 24.4 Å². The van der Waals surface area contributed by atoms with Crippen LogP contribution in [-0.4, -0.2) is 15.9 Å². The molecule has 0 spiro atoms. The molecule has 2 aromatic heterocycles. The van der Waals surface area contributed by atoms with E-state index >= 15 is 0 Å². The van der Waals surface area contributed by atoms with Crippen LogP contribution in [0.1, 0.15) is 10.4 Å². The lowest BCUT2D eigenvalue weighted by molar-refractivity contribution is 0.102. The summed E-state index contributed by atoms with van der Waals surface area (Å²) in [5, 5.41) is 2.82. The smallest absolute Gasteiger partial charge is 0.259 e. The molecule has 0 unspecified atom stereocenters. The Kier molecular flexibility index (Phi) is 3.20. The predicted molar refractivity (Wildman–Crippen MR) is 65.8 cm³/mol. The summed E-state index contributed by atoms with van der Waals surface area (Å²) in [7, 11) is 0. The fourth-order valence-corrected chi connectivity index (χ4v) is 1.42. The van der Waals surface area contributed by atoms with E-state index in [1.807, 2.05) is 0 Å². The van der Waals surface area contributed by atoms with Gasteiger partial charge in [0.25, 0.3) is 5.91 Å². The van der Waals surface area contributed by atoms with Gasteiger partial charge in [0, 0.05) is 6.20 Å². The molecule has 0 saturated heterocycles. The van der Waals surface area contributed by atoms with E-state index in [9.17, 15) is 4.79 Å². The maximum atomic E-state index is 11.9. The summed E-state index contributed by atoms with van der Waals surface area (Å²) < 4.78 is 0. The van der Waals surface area contributed by atoms with Crippen LogP contribution in [0.15, 0.2) is 36.7 Å². The second-order valence-electron chi connectivity index (χ2n) is 3.26. The highest BCUT2D eigenvalue weighted by Crippen LogP contribution is 2.16. The predicted octanol–water partition coefficient (Wildman–Crippen LogP) is 1.96. The third kappa shape index (κ3) is 2.70. The molecule has 5 nitrogen and oxygen atoms in total. The number of nitrogens with zero attached hydrogens (tertiary/aromatic N) is 2. The van der Waals surface area contributed by atoms with Crippen molar-refractivity contribution in [3.8, 4) is 0 Å². The van der Waals surface area contributed by atoms with Crippen LogP contribution in [0.5, 0.6) is 0 Å². The van der Waals surface area contributed by atoms with E-state index in [0.29, 0.717) is 5.82 Å². The maximum absolute atomic E-state index is 11.9. The van der Waals surface area contributed by atoms with Gasteiger partial charge in [0.15, 0.2) is 0 Å². The van der Waals surface area contributed by atoms with Gasteiger partial charge in [-0.15, -0.1) is 0 Å². The van der Waals surface area contributed by atoms with Crippen molar-refractivity contribution in [2.45, 2.75) is 0 Å². The minimum absolute atomic E-state index is 0.213. The molecule has 17 heavy (non-hydrogen) atoms. The molecule has 0 aromatic carbocycles. The zero-order valence-corrected chi connectivity index (χ0v) is 9.48. The van der Waals surface area contributed by atoms with Crippen molar-refractivity contribution in [1.82, 2.24) is 9.97 Å². The number of amides is 1. The Balaban J connectivity index is 2.23. The summed E-state index contributed by atoms with van der Waals surface area (Å²) in [6.45, 7) is 0. The van der Waals surface area contributed by atoms with Gasteiger partial charge in [-0.2, -0.15) is 0 Å². The van der Waals surface area contributed by atoms with Gasteiger partial charge in [0.2, 0.25) is 0 Å². The van der Waals surface area contributed by atoms with Crippen LogP contribution in [0.25, 0.3) is 0 Å². The first-order valence-electron chi connectivity index (χ1n) is 4.80. The molecule has 3 N–H and O–H groups in total. The molecule has 0 saturated carbocycles. The van der Waals surface area contributed by atoms with Crippen LogP contribution >= 0.6 is 11.6 Å². The van der Waals surface area contributed by atoms with Crippen LogP contribution < -0.4 is 11.1 Å². The number of aromatic nitrogens is 2. The molecule has 2 heterocycles. The van der Waals surface area contributed by atoms with Gasteiger partial charge in [-0.1, -0.05) is 17.7 Å². The van der Waals surface area contributed by atoms with E-state index in [2.05, 4.69) is 15.3 Å². The Morgan fingerprint density at radius 2 is 2.18 bits per heavy atom. The van der Waals surface area contributed by atoms with Gasteiger partial charge in [-0.05, 0) is 18.2 Å². The molecule has 0 aliphatic rings. The average molecular weight is 249 g/mol. The molecule has 2 rings (SSSR count). The normalized spacial score (nSPS) is 9.94. The highest BCUT2D eigenvalue weighted by molar-refractivity contribution is 6.30. The van der Waals surface area contributed by atoms with Gasteiger partial charge >= 0.3 is 0 Å². The summed E-state index contributed by atoms with van der Waals surface area (Å²) in [6, 6.07) is 6.62. The number of carbonyl (C=O) groups is 1. The second kappa shape index (κ2) is 4.80. The molecule has 0 radical (unpaired) electrons. The third-order valence-corrected chi connectivity index (χ3v) is 2.26. The van der Waals surface area contributed by atoms with E-state index in [4.69, 9.17) is 17.3 Å². The fraction of sp³-hybridized carbons (Fsp3) is 0. The number of nitrogens with one attached hydrogen (secondary N) is 1. The standard InChI is InChI=1S/C11H9ClN4O/c12-9-5-7(8(13)6-15-9)11(17)16-10-3-1-2-4-14-10/h1-6H,13H2,(H,14,16,17). The highest BCUT2D eigenvalue weighted by atomic mass is 35.5. The average Bonchev–Trinajstić information content (AvgIpc) is 2.33. The SMILES string of the molecule is Nc1cnc(Cl)cc1C(=O)Nc1ccccn1. The third-order valence-electron chi connectivity index (χ3n) is 2.05. The van der Waals surface area contributed by atoms with Gasteiger partial charge in [-0.3, -0.25) is 4.79 Å². The van der Waals surface area contributed by atoms with E-state index in [-0.39, 0.29) is 22.3 Å². The van der Waals surface area contributed by atoms with Gasteiger partial charge < -0.3 is 11.1 Å². The van der Waals surface area contributed by atoms with E-state index in [1.165, 1.54) is 12.3 Å². The maximum Gasteiger partial charge on any atom is 0.259 e. The molecule has 1 amide bonds. The molecule has 0 bridgehead atoms. The highest BCUT2D eigenvalue weighted by Gasteiger charge is 2.11. The molecule has 0 aliphatic heterocycles. The van der Waals surface area contributed by atoms with Crippen LogP contribution in [0.2, 0.25) is 5.15 Å². The zero-order valence-electron chi connectivity index (χ0n) is 8.72. The molecule has 0 atom stereocenters. The second-order valence-corrected chi connectivity index (χ2v) is 3.65. The number of nitrogen functional groups attached to an aromatic ring is 1. The Hall–Kier alpha value is -2.14. The number of hydrogen-bond acceptors (Lipinski definition) is 4. The molecular formula is C11H9ClN4O. The fourth-order valence-electron chi connectivity index (χ4n) is 1.26. The van der Waals surface area contributed by atoms with Crippen molar-refractivity contribution >= 4 is 29.0 Å². The van der Waals surface area contributed by atoms with Crippen LogP contribution in [-0.2, 0) is 0 Å². The first-order chi connectivity index (χ1) is 8.16. The number of hydrogen-bond donors (Lipinski definition) is 2. The van der Waals surface area contributed by atoms with Gasteiger partial charge in [-0.25, -0.2) is 9.97 Å². The van der Waals surface area contributed by atoms with Crippen molar-refractivity contribution in [3.05, 3.63) is 47.4 Å². The Labute approximate surface area is 103 Å². The van der Waals surface area contributed by atoms with Crippen molar-refractivity contribution < 1.29 is 4.79 Å². The van der Waals surface area contributed by atoms with Crippen molar-refractivity contribution in [1.29, 1.82) is 0 Å². The lowest BCUT2D eigenvalue weighted by Crippen LogP contribution is -2.15. The zero-order chi connectivity index (χ0) is 12.3. The Bertz CT molecular complexity index is 544. The number of carbonyl (C=O) groups excluding carboxylic acids is 1. The summed E-state index contributed by atoms with van der Waals surface area (Å²) >= 11 is 5.70. The van der Waals surface area contributed by atoms with Gasteiger partial charge in [0.1, 0.15) is 11.0 Å². The molecular weight excluding hydrogens is 240 g/mol. The minimum atomic E-state index is -0.370. The monoisotopic (exact) mass is 248 g/mol. The number of rotatable bonds is 2. The van der Waals surface area contributed by atoms with Crippen LogP contribution in [0.4, 0.5) is 11.5 Å². The van der Waals surface area contributed by atoms with Gasteiger partial charge in [0.05, 0.1) is 17.4 Å². The molecule has 6 heteroatoms. The Morgan fingerprint density at radius 1 is 1.35 bits per heavy atom. The topological polar surface area (TPSA) is 80.9 Å². The largest absolute Gasteiger partial charge is 0.397 e. The lowest BCUT2D eigenvalue weighted by Gasteiger charge is -2.06. The molecule has 2 aromatic rings. The summed E-state index contributed by atoms with van der Waals surface area (Å²) in [4.78, 5) is 19.6. The van der Waals surface area contributed by atoms with E-state index < -0.39 is 0 Å². The molecule has 0 aliphatic carbocycles. The van der Waals surface area contributed by atoms with Crippen LogP contribution in [0.3, 0.4) is 0 Å². The molecule has 0 fully saturated rings. The van der Waals surface area contributed by atoms with E-state index in [0.717, 1.165) is 0 Å².